The Labute approximate surface area is 154 Å². The second-order valence-corrected chi connectivity index (χ2v) is 6.31. The molecule has 134 valence electrons. The van der Waals surface area contributed by atoms with E-state index in [9.17, 15) is 9.90 Å². The van der Waals surface area contributed by atoms with Crippen molar-refractivity contribution in [1.82, 2.24) is 14.5 Å². The van der Waals surface area contributed by atoms with Gasteiger partial charge in [0, 0.05) is 23.6 Å². The minimum atomic E-state index is -1.03. The van der Waals surface area contributed by atoms with Crippen molar-refractivity contribution in [3.05, 3.63) is 59.0 Å². The summed E-state index contributed by atoms with van der Waals surface area (Å²) in [6.45, 7) is 1.86. The number of aromatic nitrogens is 3. The van der Waals surface area contributed by atoms with E-state index in [0.717, 1.165) is 27.5 Å². The van der Waals surface area contributed by atoms with E-state index < -0.39 is 6.09 Å². The Morgan fingerprint density at radius 3 is 2.89 bits per heavy atom. The number of methoxy groups -OCH3 is 1. The SMILES string of the molecule is COc1cc(C)c2c(ccn2C(=O)O)c1Cc1nc2cc(C#N)ccc2[nH]1. The summed E-state index contributed by atoms with van der Waals surface area (Å²) in [6, 6.07) is 11.0. The van der Waals surface area contributed by atoms with E-state index in [1.54, 1.807) is 31.5 Å². The molecule has 2 aromatic heterocycles. The minimum Gasteiger partial charge on any atom is -0.496 e. The molecule has 4 aromatic rings. The smallest absolute Gasteiger partial charge is 0.416 e. The molecule has 0 radical (unpaired) electrons. The lowest BCUT2D eigenvalue weighted by molar-refractivity contribution is 0.197. The highest BCUT2D eigenvalue weighted by molar-refractivity contribution is 5.94. The third-order valence-corrected chi connectivity index (χ3v) is 4.66. The number of ether oxygens (including phenoxy) is 1. The maximum atomic E-state index is 11.5. The minimum absolute atomic E-state index is 0.445. The number of nitrogens with one attached hydrogen (secondary N) is 1. The molecule has 2 aromatic carbocycles. The first-order valence-corrected chi connectivity index (χ1v) is 8.31. The summed E-state index contributed by atoms with van der Waals surface area (Å²) in [6.07, 6.45) is 0.956. The predicted octanol–water partition coefficient (Wildman–Crippen LogP) is 3.82. The average molecular weight is 360 g/mol. The standard InChI is InChI=1S/C20H16N4O3/c1-11-7-17(27-2)14(13-5-6-24(19(11)13)20(25)26)9-18-22-15-4-3-12(10-21)8-16(15)23-18/h3-8H,9H2,1-2H3,(H,22,23)(H,25,26). The molecule has 0 fully saturated rings. The third-order valence-electron chi connectivity index (χ3n) is 4.66. The molecule has 7 heteroatoms. The summed E-state index contributed by atoms with van der Waals surface area (Å²) in [5, 5.41) is 19.3. The highest BCUT2D eigenvalue weighted by Gasteiger charge is 2.18. The van der Waals surface area contributed by atoms with Crippen LogP contribution < -0.4 is 4.74 Å². The van der Waals surface area contributed by atoms with E-state index >= 15 is 0 Å². The molecule has 0 aliphatic rings. The molecule has 0 atom stereocenters. The van der Waals surface area contributed by atoms with Gasteiger partial charge in [-0.1, -0.05) is 0 Å². The number of fused-ring (bicyclic) bond motifs is 2. The van der Waals surface area contributed by atoms with Gasteiger partial charge in [0.25, 0.3) is 0 Å². The molecular weight excluding hydrogens is 344 g/mol. The number of rotatable bonds is 3. The third kappa shape index (κ3) is 2.68. The zero-order chi connectivity index (χ0) is 19.1. The first-order chi connectivity index (χ1) is 13.0. The predicted molar refractivity (Wildman–Crippen MR) is 100 cm³/mol. The molecule has 0 saturated carbocycles. The Morgan fingerprint density at radius 2 is 2.19 bits per heavy atom. The van der Waals surface area contributed by atoms with Crippen molar-refractivity contribution in [3.63, 3.8) is 0 Å². The van der Waals surface area contributed by atoms with Crippen LogP contribution in [0.5, 0.6) is 5.75 Å². The maximum Gasteiger partial charge on any atom is 0.416 e. The quantitative estimate of drug-likeness (QED) is 0.578. The number of aryl methyl sites for hydroxylation is 1. The van der Waals surface area contributed by atoms with Gasteiger partial charge in [0.1, 0.15) is 11.6 Å². The van der Waals surface area contributed by atoms with Crippen LogP contribution in [0.25, 0.3) is 21.9 Å². The van der Waals surface area contributed by atoms with Crippen molar-refractivity contribution in [2.24, 2.45) is 0 Å². The van der Waals surface area contributed by atoms with Crippen molar-refractivity contribution in [3.8, 4) is 11.8 Å². The fourth-order valence-electron chi connectivity index (χ4n) is 3.47. The Morgan fingerprint density at radius 1 is 1.37 bits per heavy atom. The summed E-state index contributed by atoms with van der Waals surface area (Å²) in [5.74, 6) is 1.40. The Kier molecular flexibility index (Phi) is 3.81. The molecule has 7 nitrogen and oxygen atoms in total. The van der Waals surface area contributed by atoms with Gasteiger partial charge < -0.3 is 14.8 Å². The van der Waals surface area contributed by atoms with Crippen LogP contribution in [0, 0.1) is 18.3 Å². The van der Waals surface area contributed by atoms with Crippen LogP contribution in [0.1, 0.15) is 22.5 Å². The van der Waals surface area contributed by atoms with Crippen LogP contribution in [0.4, 0.5) is 4.79 Å². The molecule has 0 bridgehead atoms. The molecule has 0 aliphatic carbocycles. The monoisotopic (exact) mass is 360 g/mol. The molecule has 0 spiro atoms. The molecule has 0 unspecified atom stereocenters. The number of nitriles is 1. The van der Waals surface area contributed by atoms with Crippen LogP contribution >= 0.6 is 0 Å². The molecular formula is C20H16N4O3. The second kappa shape index (κ2) is 6.18. The first kappa shape index (κ1) is 16.7. The number of benzene rings is 2. The van der Waals surface area contributed by atoms with Crippen molar-refractivity contribution in [1.29, 1.82) is 5.26 Å². The van der Waals surface area contributed by atoms with Gasteiger partial charge in [-0.3, -0.25) is 4.57 Å². The van der Waals surface area contributed by atoms with E-state index in [2.05, 4.69) is 16.0 Å². The molecule has 27 heavy (non-hydrogen) atoms. The number of hydrogen-bond donors (Lipinski definition) is 2. The lowest BCUT2D eigenvalue weighted by Crippen LogP contribution is -2.07. The van der Waals surface area contributed by atoms with Crippen LogP contribution in [0.15, 0.2) is 36.5 Å². The van der Waals surface area contributed by atoms with E-state index in [1.165, 1.54) is 4.57 Å². The lowest BCUT2D eigenvalue weighted by Gasteiger charge is -2.12. The molecule has 4 rings (SSSR count). The van der Waals surface area contributed by atoms with E-state index in [4.69, 9.17) is 10.00 Å². The highest BCUT2D eigenvalue weighted by Crippen LogP contribution is 2.33. The number of aromatic amines is 1. The number of carboxylic acid groups (broad SMARTS) is 1. The van der Waals surface area contributed by atoms with E-state index in [1.807, 2.05) is 19.1 Å². The number of nitrogens with zero attached hydrogens (tertiary/aromatic N) is 3. The van der Waals surface area contributed by atoms with Crippen LogP contribution in [0.3, 0.4) is 0 Å². The van der Waals surface area contributed by atoms with Gasteiger partial charge in [0.15, 0.2) is 0 Å². The van der Waals surface area contributed by atoms with Gasteiger partial charge in [-0.15, -0.1) is 0 Å². The van der Waals surface area contributed by atoms with Crippen LogP contribution in [-0.4, -0.2) is 32.8 Å². The number of imidazole rings is 1. The summed E-state index contributed by atoms with van der Waals surface area (Å²) in [7, 11) is 1.59. The number of hydrogen-bond acceptors (Lipinski definition) is 4. The first-order valence-electron chi connectivity index (χ1n) is 8.31. The molecule has 0 aliphatic heterocycles. The van der Waals surface area contributed by atoms with E-state index in [-0.39, 0.29) is 0 Å². The normalized spacial score (nSPS) is 11.0. The summed E-state index contributed by atoms with van der Waals surface area (Å²) >= 11 is 0. The Hall–Kier alpha value is -3.79. The topological polar surface area (TPSA) is 104 Å². The van der Waals surface area contributed by atoms with E-state index in [0.29, 0.717) is 29.1 Å². The van der Waals surface area contributed by atoms with Crippen LogP contribution in [0.2, 0.25) is 0 Å². The van der Waals surface area contributed by atoms with Gasteiger partial charge in [0.2, 0.25) is 0 Å². The fraction of sp³-hybridized carbons (Fsp3) is 0.150. The Bertz CT molecular complexity index is 1240. The number of carbonyl (C=O) groups is 1. The molecule has 2 N–H and O–H groups in total. The summed E-state index contributed by atoms with van der Waals surface area (Å²) in [5.41, 5.74) is 4.43. The van der Waals surface area contributed by atoms with Gasteiger partial charge in [-0.25, -0.2) is 9.78 Å². The zero-order valence-electron chi connectivity index (χ0n) is 14.8. The number of H-pyrrole nitrogens is 1. The maximum absolute atomic E-state index is 11.5. The Balaban J connectivity index is 1.87. The fourth-order valence-corrected chi connectivity index (χ4v) is 3.47. The van der Waals surface area contributed by atoms with Crippen molar-refractivity contribution < 1.29 is 14.6 Å². The second-order valence-electron chi connectivity index (χ2n) is 6.31. The van der Waals surface area contributed by atoms with Crippen LogP contribution in [-0.2, 0) is 6.42 Å². The van der Waals surface area contributed by atoms with Gasteiger partial charge in [-0.2, -0.15) is 5.26 Å². The average Bonchev–Trinajstić information content (AvgIpc) is 3.27. The highest BCUT2D eigenvalue weighted by atomic mass is 16.5. The molecule has 2 heterocycles. The largest absolute Gasteiger partial charge is 0.496 e. The van der Waals surface area contributed by atoms with Crippen molar-refractivity contribution >= 4 is 28.0 Å². The van der Waals surface area contributed by atoms with Gasteiger partial charge >= 0.3 is 6.09 Å². The van der Waals surface area contributed by atoms with Crippen molar-refractivity contribution in [2.75, 3.05) is 7.11 Å². The van der Waals surface area contributed by atoms with Gasteiger partial charge in [0.05, 0.1) is 35.3 Å². The molecule has 0 amide bonds. The lowest BCUT2D eigenvalue weighted by atomic mass is 10.0. The van der Waals surface area contributed by atoms with Gasteiger partial charge in [-0.05, 0) is 42.8 Å². The summed E-state index contributed by atoms with van der Waals surface area (Å²) < 4.78 is 6.76. The van der Waals surface area contributed by atoms with Crippen molar-refractivity contribution in [2.45, 2.75) is 13.3 Å². The zero-order valence-corrected chi connectivity index (χ0v) is 14.8. The summed E-state index contributed by atoms with van der Waals surface area (Å²) in [4.78, 5) is 19.4. The molecule has 0 saturated heterocycles.